The van der Waals surface area contributed by atoms with Gasteiger partial charge in [-0.3, -0.25) is 9.59 Å². The van der Waals surface area contributed by atoms with Crippen molar-refractivity contribution in [2.24, 2.45) is 7.05 Å². The number of ether oxygens (including phenoxy) is 2. The predicted molar refractivity (Wildman–Crippen MR) is 117 cm³/mol. The molecule has 156 valence electrons. The maximum absolute atomic E-state index is 12.0. The van der Waals surface area contributed by atoms with Gasteiger partial charge in [-0.15, -0.1) is 0 Å². The molecule has 0 saturated heterocycles. The molecule has 1 aromatic heterocycles. The van der Waals surface area contributed by atoms with Crippen LogP contribution in [0.2, 0.25) is 0 Å². The zero-order valence-electron chi connectivity index (χ0n) is 19.0. The Bertz CT molecular complexity index is 825. The first-order valence-electron chi connectivity index (χ1n) is 9.67. The molecule has 0 amide bonds. The lowest BCUT2D eigenvalue weighted by atomic mass is 9.96. The predicted octanol–water partition coefficient (Wildman–Crippen LogP) is 5.33. The Kier molecular flexibility index (Phi) is 10.9. The van der Waals surface area contributed by atoms with E-state index in [0.717, 1.165) is 16.7 Å². The van der Waals surface area contributed by atoms with Crippen LogP contribution >= 0.6 is 0 Å². The summed E-state index contributed by atoms with van der Waals surface area (Å²) < 4.78 is 12.3. The van der Waals surface area contributed by atoms with Crippen molar-refractivity contribution >= 4 is 5.78 Å². The van der Waals surface area contributed by atoms with Gasteiger partial charge in [0.25, 0.3) is 5.56 Å². The summed E-state index contributed by atoms with van der Waals surface area (Å²) in [5, 5.41) is 0. The SMILES string of the molecule is CC.CCC.COc1cc(-c2cn(C)c(=O)c(C)c2C)cc(OC)c1C(C)=O. The molecule has 1 aromatic carbocycles. The third kappa shape index (κ3) is 5.72. The van der Waals surface area contributed by atoms with E-state index >= 15 is 0 Å². The number of aromatic nitrogens is 1. The van der Waals surface area contributed by atoms with Crippen LogP contribution < -0.4 is 15.0 Å². The largest absolute Gasteiger partial charge is 0.496 e. The molecule has 0 radical (unpaired) electrons. The average Bonchev–Trinajstić information content (AvgIpc) is 2.69. The Morgan fingerprint density at radius 2 is 1.43 bits per heavy atom. The molecule has 5 nitrogen and oxygen atoms in total. The Morgan fingerprint density at radius 1 is 1.00 bits per heavy atom. The average molecular weight is 390 g/mol. The van der Waals surface area contributed by atoms with E-state index in [0.29, 0.717) is 22.6 Å². The number of carbonyl (C=O) groups is 1. The fraction of sp³-hybridized carbons (Fsp3) is 0.478. The van der Waals surface area contributed by atoms with E-state index < -0.39 is 0 Å². The standard InChI is InChI=1S/C18H21NO4.C3H8.C2H6/c1-10-11(2)18(21)19(4)9-14(10)13-7-15(22-5)17(12(3)20)16(8-13)23-6;1-3-2;1-2/h7-9H,1-6H3;3H2,1-2H3;1-2H3. The number of hydrogen-bond donors (Lipinski definition) is 0. The van der Waals surface area contributed by atoms with Crippen molar-refractivity contribution in [1.82, 2.24) is 4.57 Å². The summed E-state index contributed by atoms with van der Waals surface area (Å²) in [5.41, 5.74) is 3.71. The lowest BCUT2D eigenvalue weighted by Gasteiger charge is -2.16. The van der Waals surface area contributed by atoms with Crippen LogP contribution in [0.5, 0.6) is 11.5 Å². The number of carbonyl (C=O) groups excluding carboxylic acids is 1. The molecule has 5 heteroatoms. The van der Waals surface area contributed by atoms with Crippen molar-refractivity contribution < 1.29 is 14.3 Å². The second-order valence-corrected chi connectivity index (χ2v) is 6.23. The highest BCUT2D eigenvalue weighted by atomic mass is 16.5. The van der Waals surface area contributed by atoms with Crippen LogP contribution in [0, 0.1) is 13.8 Å². The number of ketones is 1. The van der Waals surface area contributed by atoms with Gasteiger partial charge < -0.3 is 14.0 Å². The van der Waals surface area contributed by atoms with Crippen LogP contribution in [0.1, 0.15) is 62.5 Å². The van der Waals surface area contributed by atoms with Crippen molar-refractivity contribution in [2.45, 2.75) is 54.9 Å². The molecule has 28 heavy (non-hydrogen) atoms. The molecule has 0 bridgehead atoms. The number of pyridine rings is 1. The highest BCUT2D eigenvalue weighted by Gasteiger charge is 2.19. The minimum absolute atomic E-state index is 0.0227. The normalized spacial score (nSPS) is 9.50. The maximum Gasteiger partial charge on any atom is 0.253 e. The molecule has 0 atom stereocenters. The first-order chi connectivity index (χ1) is 13.2. The lowest BCUT2D eigenvalue weighted by molar-refractivity contribution is 0.101. The van der Waals surface area contributed by atoms with E-state index in [1.165, 1.54) is 27.6 Å². The van der Waals surface area contributed by atoms with Gasteiger partial charge in [0, 0.05) is 24.4 Å². The monoisotopic (exact) mass is 389 g/mol. The van der Waals surface area contributed by atoms with Crippen molar-refractivity contribution in [3.05, 3.63) is 45.4 Å². The number of hydrogen-bond acceptors (Lipinski definition) is 4. The molecule has 0 N–H and O–H groups in total. The summed E-state index contributed by atoms with van der Waals surface area (Å²) in [4.78, 5) is 23.9. The van der Waals surface area contributed by atoms with E-state index in [1.54, 1.807) is 36.9 Å². The van der Waals surface area contributed by atoms with Gasteiger partial charge in [-0.2, -0.15) is 0 Å². The summed E-state index contributed by atoms with van der Waals surface area (Å²) in [6, 6.07) is 3.59. The number of rotatable bonds is 4. The van der Waals surface area contributed by atoms with Gasteiger partial charge in [0.15, 0.2) is 5.78 Å². The molecule has 0 saturated carbocycles. The van der Waals surface area contributed by atoms with Crippen LogP contribution in [-0.4, -0.2) is 24.6 Å². The molecule has 0 unspecified atom stereocenters. The van der Waals surface area contributed by atoms with Crippen molar-refractivity contribution in [1.29, 1.82) is 0 Å². The zero-order chi connectivity index (χ0) is 22.0. The highest BCUT2D eigenvalue weighted by Crippen LogP contribution is 2.36. The van der Waals surface area contributed by atoms with Crippen molar-refractivity contribution in [3.63, 3.8) is 0 Å². The smallest absolute Gasteiger partial charge is 0.253 e. The van der Waals surface area contributed by atoms with Gasteiger partial charge in [0.05, 0.1) is 14.2 Å². The summed E-state index contributed by atoms with van der Waals surface area (Å²) in [5.74, 6) is 0.786. The molecule has 0 spiro atoms. The fourth-order valence-electron chi connectivity index (χ4n) is 2.68. The maximum atomic E-state index is 12.0. The Balaban J connectivity index is 0.00000133. The Morgan fingerprint density at radius 3 is 1.79 bits per heavy atom. The second kappa shape index (κ2) is 12.0. The van der Waals surface area contributed by atoms with Gasteiger partial charge in [-0.05, 0) is 44.0 Å². The van der Waals surface area contributed by atoms with Crippen LogP contribution in [0.15, 0.2) is 23.1 Å². The lowest BCUT2D eigenvalue weighted by Crippen LogP contribution is -2.20. The van der Waals surface area contributed by atoms with Crippen molar-refractivity contribution in [2.75, 3.05) is 14.2 Å². The first-order valence-corrected chi connectivity index (χ1v) is 9.67. The van der Waals surface area contributed by atoms with E-state index in [1.807, 2.05) is 20.8 Å². The quantitative estimate of drug-likeness (QED) is 0.663. The fourth-order valence-corrected chi connectivity index (χ4v) is 2.68. The number of methoxy groups -OCH3 is 2. The van der Waals surface area contributed by atoms with E-state index in [4.69, 9.17) is 9.47 Å². The van der Waals surface area contributed by atoms with E-state index in [2.05, 4.69) is 13.8 Å². The third-order valence-electron chi connectivity index (χ3n) is 4.10. The first kappa shape index (κ1) is 25.4. The molecule has 2 aromatic rings. The molecule has 0 aliphatic rings. The van der Waals surface area contributed by atoms with Crippen LogP contribution in [0.3, 0.4) is 0 Å². The number of Topliss-reactive ketones (excluding diaryl/α,β-unsaturated/α-hetero) is 1. The molecule has 2 rings (SSSR count). The summed E-state index contributed by atoms with van der Waals surface area (Å²) in [6.45, 7) is 13.4. The number of aryl methyl sites for hydroxylation is 1. The van der Waals surface area contributed by atoms with Gasteiger partial charge >= 0.3 is 0 Å². The summed E-state index contributed by atoms with van der Waals surface area (Å²) in [7, 11) is 4.75. The molecule has 0 aliphatic carbocycles. The molecule has 0 aliphatic heterocycles. The second-order valence-electron chi connectivity index (χ2n) is 6.23. The minimum Gasteiger partial charge on any atom is -0.496 e. The Hall–Kier alpha value is -2.56. The van der Waals surface area contributed by atoms with E-state index in [-0.39, 0.29) is 11.3 Å². The van der Waals surface area contributed by atoms with Crippen LogP contribution in [0.4, 0.5) is 0 Å². The topological polar surface area (TPSA) is 57.5 Å². The zero-order valence-corrected chi connectivity index (χ0v) is 19.0. The van der Waals surface area contributed by atoms with Gasteiger partial charge in [-0.25, -0.2) is 0 Å². The third-order valence-corrected chi connectivity index (χ3v) is 4.10. The molecule has 1 heterocycles. The molecule has 0 fully saturated rings. The van der Waals surface area contributed by atoms with Gasteiger partial charge in [-0.1, -0.05) is 34.1 Å². The van der Waals surface area contributed by atoms with E-state index in [9.17, 15) is 9.59 Å². The van der Waals surface area contributed by atoms with Crippen LogP contribution in [-0.2, 0) is 7.05 Å². The van der Waals surface area contributed by atoms with Crippen molar-refractivity contribution in [3.8, 4) is 22.6 Å². The van der Waals surface area contributed by atoms with Gasteiger partial charge in [0.1, 0.15) is 17.1 Å². The molecular formula is C23H35NO4. The highest BCUT2D eigenvalue weighted by molar-refractivity contribution is 6.00. The van der Waals surface area contributed by atoms with Gasteiger partial charge in [0.2, 0.25) is 0 Å². The minimum atomic E-state index is -0.126. The number of nitrogens with zero attached hydrogens (tertiary/aromatic N) is 1. The Labute approximate surface area is 169 Å². The summed E-state index contributed by atoms with van der Waals surface area (Å²) in [6.07, 6.45) is 3.03. The summed E-state index contributed by atoms with van der Waals surface area (Å²) >= 11 is 0. The molecular weight excluding hydrogens is 354 g/mol. The number of benzene rings is 1. The van der Waals surface area contributed by atoms with Crippen LogP contribution in [0.25, 0.3) is 11.1 Å².